The van der Waals surface area contributed by atoms with Gasteiger partial charge in [-0.05, 0) is 0 Å². The Hall–Kier alpha value is -1.91. The van der Waals surface area contributed by atoms with Crippen molar-refractivity contribution in [2.75, 3.05) is 0 Å². The molecule has 0 aliphatic heterocycles. The normalized spacial score (nSPS) is 11.7. The fourth-order valence-corrected chi connectivity index (χ4v) is 1.37. The lowest BCUT2D eigenvalue weighted by molar-refractivity contribution is 0.559. The average Bonchev–Trinajstić information content (AvgIpc) is 2.61. The van der Waals surface area contributed by atoms with Crippen LogP contribution in [0, 0.1) is 0 Å². The van der Waals surface area contributed by atoms with E-state index < -0.39 is 0 Å². The first-order valence-electron chi connectivity index (χ1n) is 5.07. The van der Waals surface area contributed by atoms with Crippen LogP contribution >= 0.6 is 0 Å². The molecule has 16 heavy (non-hydrogen) atoms. The summed E-state index contributed by atoms with van der Waals surface area (Å²) >= 11 is 0. The van der Waals surface area contributed by atoms with Crippen molar-refractivity contribution in [1.29, 1.82) is 0 Å². The molecule has 5 nitrogen and oxygen atoms in total. The third-order valence-corrected chi connectivity index (χ3v) is 2.32. The van der Waals surface area contributed by atoms with Crippen LogP contribution in [0.25, 0.3) is 5.82 Å². The van der Waals surface area contributed by atoms with Gasteiger partial charge in [-0.15, -0.1) is 0 Å². The molecule has 0 aromatic carbocycles. The number of aromatic nitrogens is 4. The molecule has 0 atom stereocenters. The van der Waals surface area contributed by atoms with E-state index in [0.717, 1.165) is 5.69 Å². The van der Waals surface area contributed by atoms with E-state index >= 15 is 0 Å². The number of nitrogens with zero attached hydrogens (tertiary/aromatic N) is 3. The van der Waals surface area contributed by atoms with Gasteiger partial charge >= 0.3 is 0 Å². The van der Waals surface area contributed by atoms with Crippen LogP contribution in [0.15, 0.2) is 29.5 Å². The number of nitrogens with one attached hydrogen (secondary N) is 1. The van der Waals surface area contributed by atoms with Gasteiger partial charge in [0.2, 0.25) is 0 Å². The molecule has 0 radical (unpaired) electrons. The molecule has 5 heteroatoms. The molecule has 0 amide bonds. The first-order valence-corrected chi connectivity index (χ1v) is 5.07. The van der Waals surface area contributed by atoms with E-state index in [1.807, 2.05) is 20.8 Å². The lowest BCUT2D eigenvalue weighted by atomic mass is 9.93. The maximum atomic E-state index is 11.8. The summed E-state index contributed by atoms with van der Waals surface area (Å²) in [6.45, 7) is 6.13. The van der Waals surface area contributed by atoms with Gasteiger partial charge in [-0.2, -0.15) is 0 Å². The van der Waals surface area contributed by atoms with Gasteiger partial charge in [0, 0.05) is 29.4 Å². The van der Waals surface area contributed by atoms with Gasteiger partial charge in [0.15, 0.2) is 5.82 Å². The summed E-state index contributed by atoms with van der Waals surface area (Å²) in [5.74, 6) is 0.551. The van der Waals surface area contributed by atoms with Crippen LogP contribution in [0.4, 0.5) is 0 Å². The molecule has 2 rings (SSSR count). The predicted molar refractivity (Wildman–Crippen MR) is 60.7 cm³/mol. The van der Waals surface area contributed by atoms with Crippen LogP contribution < -0.4 is 5.56 Å². The number of rotatable bonds is 1. The van der Waals surface area contributed by atoms with Gasteiger partial charge in [0.1, 0.15) is 6.33 Å². The second-order valence-corrected chi connectivity index (χ2v) is 4.66. The van der Waals surface area contributed by atoms with E-state index in [-0.39, 0.29) is 11.0 Å². The van der Waals surface area contributed by atoms with Crippen LogP contribution in [-0.2, 0) is 5.41 Å². The molecule has 1 N–H and O–H groups in total. The molecule has 0 aliphatic rings. The maximum Gasteiger partial charge on any atom is 0.272 e. The van der Waals surface area contributed by atoms with Crippen molar-refractivity contribution >= 4 is 0 Å². The van der Waals surface area contributed by atoms with Crippen molar-refractivity contribution in [3.8, 4) is 5.82 Å². The zero-order valence-electron chi connectivity index (χ0n) is 9.56. The largest absolute Gasteiger partial charge is 0.293 e. The van der Waals surface area contributed by atoms with Crippen LogP contribution in [0.1, 0.15) is 26.5 Å². The summed E-state index contributed by atoms with van der Waals surface area (Å²) < 4.78 is 1.42. The van der Waals surface area contributed by atoms with E-state index in [1.54, 1.807) is 18.3 Å². The predicted octanol–water partition coefficient (Wildman–Crippen LogP) is 1.25. The standard InChI is InChI=1S/C11H14N4O/c1-11(2,3)8-6-10(16)15(14-8)9-4-5-12-7-13-9/h4-7,14H,1-3H3. The average molecular weight is 218 g/mol. The molecule has 0 saturated carbocycles. The third-order valence-electron chi connectivity index (χ3n) is 2.32. The molecule has 0 unspecified atom stereocenters. The Morgan fingerprint density at radius 1 is 1.38 bits per heavy atom. The van der Waals surface area contributed by atoms with Crippen molar-refractivity contribution < 1.29 is 0 Å². The summed E-state index contributed by atoms with van der Waals surface area (Å²) in [6.07, 6.45) is 3.02. The lowest BCUT2D eigenvalue weighted by Gasteiger charge is -2.15. The maximum absolute atomic E-state index is 11.8. The van der Waals surface area contributed by atoms with E-state index in [0.29, 0.717) is 5.82 Å². The molecular weight excluding hydrogens is 204 g/mol. The zero-order chi connectivity index (χ0) is 11.8. The monoisotopic (exact) mass is 218 g/mol. The summed E-state index contributed by atoms with van der Waals surface area (Å²) in [4.78, 5) is 19.6. The van der Waals surface area contributed by atoms with Crippen molar-refractivity contribution in [3.05, 3.63) is 40.7 Å². The molecule has 84 valence electrons. The summed E-state index contributed by atoms with van der Waals surface area (Å²) in [5.41, 5.74) is 0.692. The summed E-state index contributed by atoms with van der Waals surface area (Å²) in [5, 5.41) is 3.05. The highest BCUT2D eigenvalue weighted by Crippen LogP contribution is 2.18. The van der Waals surface area contributed by atoms with Crippen LogP contribution in [0.2, 0.25) is 0 Å². The van der Waals surface area contributed by atoms with Crippen LogP contribution in [0.3, 0.4) is 0 Å². The Kier molecular flexibility index (Phi) is 2.38. The Morgan fingerprint density at radius 3 is 2.62 bits per heavy atom. The smallest absolute Gasteiger partial charge is 0.272 e. The van der Waals surface area contributed by atoms with E-state index in [1.165, 1.54) is 11.0 Å². The van der Waals surface area contributed by atoms with Crippen molar-refractivity contribution in [3.63, 3.8) is 0 Å². The molecule has 0 saturated heterocycles. The minimum absolute atomic E-state index is 0.0859. The summed E-state index contributed by atoms with van der Waals surface area (Å²) in [7, 11) is 0. The van der Waals surface area contributed by atoms with Gasteiger partial charge in [-0.3, -0.25) is 9.89 Å². The van der Waals surface area contributed by atoms with Gasteiger partial charge in [-0.1, -0.05) is 20.8 Å². The van der Waals surface area contributed by atoms with Crippen LogP contribution in [0.5, 0.6) is 0 Å². The third kappa shape index (κ3) is 1.88. The Labute approximate surface area is 93.2 Å². The minimum Gasteiger partial charge on any atom is -0.293 e. The van der Waals surface area contributed by atoms with E-state index in [9.17, 15) is 4.79 Å². The SMILES string of the molecule is CC(C)(C)c1cc(=O)n(-c2ccncn2)[nH]1. The second-order valence-electron chi connectivity index (χ2n) is 4.66. The van der Waals surface area contributed by atoms with Crippen molar-refractivity contribution in [2.45, 2.75) is 26.2 Å². The fourth-order valence-electron chi connectivity index (χ4n) is 1.37. The molecule has 0 bridgehead atoms. The molecule has 2 aromatic rings. The molecule has 0 aliphatic carbocycles. The quantitative estimate of drug-likeness (QED) is 0.783. The van der Waals surface area contributed by atoms with Gasteiger partial charge in [0.05, 0.1) is 0 Å². The number of H-pyrrole nitrogens is 1. The Bertz CT molecular complexity index is 533. The topological polar surface area (TPSA) is 63.6 Å². The van der Waals surface area contributed by atoms with Crippen LogP contribution in [-0.4, -0.2) is 19.7 Å². The molecular formula is C11H14N4O. The lowest BCUT2D eigenvalue weighted by Crippen LogP contribution is -2.15. The highest BCUT2D eigenvalue weighted by molar-refractivity contribution is 5.21. The van der Waals surface area contributed by atoms with E-state index in [4.69, 9.17) is 0 Å². The first kappa shape index (κ1) is 10.6. The minimum atomic E-state index is -0.108. The molecule has 2 aromatic heterocycles. The zero-order valence-corrected chi connectivity index (χ0v) is 9.56. The molecule has 2 heterocycles. The van der Waals surface area contributed by atoms with Crippen molar-refractivity contribution in [1.82, 2.24) is 19.7 Å². The highest BCUT2D eigenvalue weighted by atomic mass is 16.1. The Balaban J connectivity index is 2.53. The highest BCUT2D eigenvalue weighted by Gasteiger charge is 2.18. The first-order chi connectivity index (χ1) is 7.48. The van der Waals surface area contributed by atoms with Gasteiger partial charge in [0.25, 0.3) is 5.56 Å². The van der Waals surface area contributed by atoms with Crippen molar-refractivity contribution in [2.24, 2.45) is 0 Å². The molecule has 0 spiro atoms. The number of hydrogen-bond donors (Lipinski definition) is 1. The number of hydrogen-bond acceptors (Lipinski definition) is 3. The fraction of sp³-hybridized carbons (Fsp3) is 0.364. The van der Waals surface area contributed by atoms with E-state index in [2.05, 4.69) is 15.1 Å². The Morgan fingerprint density at radius 2 is 2.12 bits per heavy atom. The van der Waals surface area contributed by atoms with Gasteiger partial charge in [-0.25, -0.2) is 14.6 Å². The number of aromatic amines is 1. The summed E-state index contributed by atoms with van der Waals surface area (Å²) in [6, 6.07) is 3.28. The molecule has 0 fully saturated rings. The second kappa shape index (κ2) is 3.59. The van der Waals surface area contributed by atoms with Gasteiger partial charge < -0.3 is 0 Å².